The molecule has 27 heavy (non-hydrogen) atoms. The average molecular weight is 381 g/mol. The van der Waals surface area contributed by atoms with Crippen LogP contribution in [0.25, 0.3) is 0 Å². The van der Waals surface area contributed by atoms with Crippen molar-refractivity contribution in [3.05, 3.63) is 76.4 Å². The maximum atomic E-state index is 11.5. The number of hydrogen-bond acceptors (Lipinski definition) is 5. The molecule has 3 aromatic rings. The molecule has 0 aliphatic heterocycles. The highest BCUT2D eigenvalue weighted by molar-refractivity contribution is 6.30. The molecule has 5 nitrogen and oxygen atoms in total. The van der Waals surface area contributed by atoms with E-state index in [1.165, 1.54) is 5.56 Å². The van der Waals surface area contributed by atoms with E-state index in [1.807, 2.05) is 49.4 Å². The van der Waals surface area contributed by atoms with Gasteiger partial charge in [-0.15, -0.1) is 0 Å². The van der Waals surface area contributed by atoms with Gasteiger partial charge in [-0.25, -0.2) is 4.98 Å². The molecule has 0 radical (unpaired) electrons. The lowest BCUT2D eigenvalue weighted by Crippen LogP contribution is -2.09. The maximum absolute atomic E-state index is 11.5. The molecule has 0 saturated carbocycles. The molecular formula is C21H21ClN4O. The molecule has 0 atom stereocenters. The van der Waals surface area contributed by atoms with Gasteiger partial charge in [-0.1, -0.05) is 35.9 Å². The van der Waals surface area contributed by atoms with Crippen LogP contribution in [0.1, 0.15) is 28.5 Å². The fourth-order valence-electron chi connectivity index (χ4n) is 2.69. The summed E-state index contributed by atoms with van der Waals surface area (Å²) in [6, 6.07) is 17.0. The summed E-state index contributed by atoms with van der Waals surface area (Å²) in [7, 11) is 0. The minimum Gasteiger partial charge on any atom is -0.370 e. The number of ketones is 1. The number of hydrogen-bond donors (Lipinski definition) is 2. The van der Waals surface area contributed by atoms with Crippen molar-refractivity contribution in [1.82, 2.24) is 9.97 Å². The Morgan fingerprint density at radius 1 is 1.07 bits per heavy atom. The van der Waals surface area contributed by atoms with Gasteiger partial charge in [-0.2, -0.15) is 4.98 Å². The Bertz CT molecular complexity index is 958. The summed E-state index contributed by atoms with van der Waals surface area (Å²) in [5.74, 6) is 1.25. The topological polar surface area (TPSA) is 66.9 Å². The minimum absolute atomic E-state index is 0.0205. The van der Waals surface area contributed by atoms with E-state index in [1.54, 1.807) is 19.1 Å². The third kappa shape index (κ3) is 5.53. The molecule has 0 spiro atoms. The van der Waals surface area contributed by atoms with Crippen molar-refractivity contribution < 1.29 is 4.79 Å². The predicted molar refractivity (Wildman–Crippen MR) is 110 cm³/mol. The second kappa shape index (κ2) is 8.64. The van der Waals surface area contributed by atoms with E-state index in [0.717, 1.165) is 35.2 Å². The van der Waals surface area contributed by atoms with Gasteiger partial charge >= 0.3 is 0 Å². The van der Waals surface area contributed by atoms with Gasteiger partial charge in [0.2, 0.25) is 5.95 Å². The third-order valence-corrected chi connectivity index (χ3v) is 4.22. The predicted octanol–water partition coefficient (Wildman–Crippen LogP) is 5.04. The van der Waals surface area contributed by atoms with Crippen LogP contribution in [-0.2, 0) is 6.42 Å². The summed E-state index contributed by atoms with van der Waals surface area (Å²) in [6.07, 6.45) is 0.840. The maximum Gasteiger partial charge on any atom is 0.229 e. The zero-order valence-electron chi connectivity index (χ0n) is 15.3. The van der Waals surface area contributed by atoms with Gasteiger partial charge in [-0.3, -0.25) is 4.79 Å². The zero-order chi connectivity index (χ0) is 19.2. The molecule has 3 rings (SSSR count). The summed E-state index contributed by atoms with van der Waals surface area (Å²) < 4.78 is 0. The van der Waals surface area contributed by atoms with Crippen molar-refractivity contribution in [2.45, 2.75) is 20.3 Å². The average Bonchev–Trinajstić information content (AvgIpc) is 2.61. The molecule has 0 aliphatic rings. The Balaban J connectivity index is 1.67. The first-order valence-corrected chi connectivity index (χ1v) is 9.09. The lowest BCUT2D eigenvalue weighted by Gasteiger charge is -2.10. The molecule has 6 heteroatoms. The van der Waals surface area contributed by atoms with Crippen LogP contribution < -0.4 is 10.6 Å². The molecule has 0 unspecified atom stereocenters. The number of benzene rings is 2. The minimum atomic E-state index is 0.0205. The van der Waals surface area contributed by atoms with E-state index in [2.05, 4.69) is 20.6 Å². The molecule has 1 heterocycles. The monoisotopic (exact) mass is 380 g/mol. The molecule has 2 N–H and O–H groups in total. The lowest BCUT2D eigenvalue weighted by molar-refractivity contribution is 0.101. The van der Waals surface area contributed by atoms with Gasteiger partial charge in [0.1, 0.15) is 5.82 Å². The number of rotatable bonds is 7. The van der Waals surface area contributed by atoms with E-state index < -0.39 is 0 Å². The Kier molecular flexibility index (Phi) is 6.04. The van der Waals surface area contributed by atoms with Gasteiger partial charge in [0, 0.05) is 34.6 Å². The van der Waals surface area contributed by atoms with Crippen LogP contribution in [0.15, 0.2) is 54.6 Å². The lowest BCUT2D eigenvalue weighted by atomic mass is 10.1. The van der Waals surface area contributed by atoms with Crippen molar-refractivity contribution in [3.8, 4) is 0 Å². The Hall–Kier alpha value is -2.92. The first kappa shape index (κ1) is 18.9. The molecule has 138 valence electrons. The molecule has 0 fully saturated rings. The van der Waals surface area contributed by atoms with Crippen molar-refractivity contribution in [2.24, 2.45) is 0 Å². The number of Topliss-reactive ketones (excluding diaryl/α,β-unsaturated/α-hetero) is 1. The molecule has 0 bridgehead atoms. The zero-order valence-corrected chi connectivity index (χ0v) is 16.0. The first-order valence-electron chi connectivity index (χ1n) is 8.71. The second-order valence-corrected chi connectivity index (χ2v) is 6.72. The van der Waals surface area contributed by atoms with Crippen LogP contribution >= 0.6 is 11.6 Å². The van der Waals surface area contributed by atoms with Crippen molar-refractivity contribution >= 4 is 34.8 Å². The van der Waals surface area contributed by atoms with Gasteiger partial charge < -0.3 is 10.6 Å². The number of halogens is 1. The number of nitrogens with zero attached hydrogens (tertiary/aromatic N) is 2. The van der Waals surface area contributed by atoms with Crippen LogP contribution in [-0.4, -0.2) is 22.3 Å². The van der Waals surface area contributed by atoms with E-state index in [0.29, 0.717) is 11.5 Å². The third-order valence-electron chi connectivity index (χ3n) is 3.99. The van der Waals surface area contributed by atoms with E-state index in [9.17, 15) is 4.79 Å². The fourth-order valence-corrected chi connectivity index (χ4v) is 2.90. The summed E-state index contributed by atoms with van der Waals surface area (Å²) in [4.78, 5) is 20.5. The standard InChI is InChI=1S/C21H21ClN4O/c1-14-11-20(23-10-9-16-5-3-7-18(22)12-16)26-21(24-14)25-19-8-4-6-17(13-19)15(2)27/h3-8,11-13H,9-10H2,1-2H3,(H2,23,24,25,26). The second-order valence-electron chi connectivity index (χ2n) is 6.29. The first-order chi connectivity index (χ1) is 13.0. The molecular weight excluding hydrogens is 360 g/mol. The molecule has 0 amide bonds. The number of carbonyl (C=O) groups excluding carboxylic acids is 1. The Morgan fingerprint density at radius 3 is 2.67 bits per heavy atom. The summed E-state index contributed by atoms with van der Waals surface area (Å²) in [6.45, 7) is 4.20. The molecule has 1 aromatic heterocycles. The highest BCUT2D eigenvalue weighted by Gasteiger charge is 2.05. The largest absolute Gasteiger partial charge is 0.370 e. The van der Waals surface area contributed by atoms with Gasteiger partial charge in [0.25, 0.3) is 0 Å². The van der Waals surface area contributed by atoms with E-state index in [4.69, 9.17) is 11.6 Å². The number of nitrogens with one attached hydrogen (secondary N) is 2. The summed E-state index contributed by atoms with van der Waals surface area (Å²) >= 11 is 6.02. The normalized spacial score (nSPS) is 10.5. The van der Waals surface area contributed by atoms with Crippen molar-refractivity contribution in [3.63, 3.8) is 0 Å². The number of anilines is 3. The van der Waals surface area contributed by atoms with Crippen molar-refractivity contribution in [1.29, 1.82) is 0 Å². The Labute approximate surface area is 163 Å². The van der Waals surface area contributed by atoms with E-state index in [-0.39, 0.29) is 5.78 Å². The van der Waals surface area contributed by atoms with Crippen LogP contribution in [0, 0.1) is 6.92 Å². The van der Waals surface area contributed by atoms with Crippen LogP contribution in [0.3, 0.4) is 0 Å². The van der Waals surface area contributed by atoms with E-state index >= 15 is 0 Å². The quantitative estimate of drug-likeness (QED) is 0.562. The van der Waals surface area contributed by atoms with Gasteiger partial charge in [0.05, 0.1) is 0 Å². The van der Waals surface area contributed by atoms with Gasteiger partial charge in [-0.05, 0) is 50.1 Å². The summed E-state index contributed by atoms with van der Waals surface area (Å²) in [5.41, 5.74) is 3.44. The molecule has 0 aliphatic carbocycles. The Morgan fingerprint density at radius 2 is 1.89 bits per heavy atom. The smallest absolute Gasteiger partial charge is 0.229 e. The highest BCUT2D eigenvalue weighted by atomic mass is 35.5. The SMILES string of the molecule is CC(=O)c1cccc(Nc2nc(C)cc(NCCc3cccc(Cl)c3)n2)c1. The summed E-state index contributed by atoms with van der Waals surface area (Å²) in [5, 5.41) is 7.23. The van der Waals surface area contributed by atoms with Crippen LogP contribution in [0.2, 0.25) is 5.02 Å². The fraction of sp³-hybridized carbons (Fsp3) is 0.190. The van der Waals surface area contributed by atoms with Gasteiger partial charge in [0.15, 0.2) is 5.78 Å². The van der Waals surface area contributed by atoms with Crippen LogP contribution in [0.4, 0.5) is 17.5 Å². The molecule has 0 saturated heterocycles. The number of aryl methyl sites for hydroxylation is 1. The number of aromatic nitrogens is 2. The number of carbonyl (C=O) groups is 1. The molecule has 2 aromatic carbocycles. The van der Waals surface area contributed by atoms with Crippen LogP contribution in [0.5, 0.6) is 0 Å². The highest BCUT2D eigenvalue weighted by Crippen LogP contribution is 2.18. The van der Waals surface area contributed by atoms with Crippen molar-refractivity contribution in [2.75, 3.05) is 17.2 Å².